The van der Waals surface area contributed by atoms with Crippen LogP contribution in [0, 0.1) is 0 Å². The van der Waals surface area contributed by atoms with Crippen molar-refractivity contribution in [3.8, 4) is 0 Å². The molecule has 37 heavy (non-hydrogen) atoms. The molecule has 5 rings (SSSR count). The maximum atomic E-state index is 12.1. The fourth-order valence-corrected chi connectivity index (χ4v) is 4.87. The van der Waals surface area contributed by atoms with Crippen molar-refractivity contribution in [2.75, 3.05) is 47.5 Å². The van der Waals surface area contributed by atoms with E-state index in [1.165, 1.54) is 23.3 Å². The summed E-state index contributed by atoms with van der Waals surface area (Å²) < 4.78 is 27.3. The van der Waals surface area contributed by atoms with Gasteiger partial charge in [-0.05, 0) is 43.3 Å². The van der Waals surface area contributed by atoms with Crippen LogP contribution in [-0.2, 0) is 16.6 Å². The van der Waals surface area contributed by atoms with Crippen LogP contribution >= 0.6 is 12.4 Å². The molecule has 2 N–H and O–H groups in total. The van der Waals surface area contributed by atoms with E-state index >= 15 is 0 Å². The third-order valence-corrected chi connectivity index (χ3v) is 7.53. The van der Waals surface area contributed by atoms with Crippen LogP contribution in [-0.4, -0.2) is 66.9 Å². The van der Waals surface area contributed by atoms with Crippen molar-refractivity contribution in [3.63, 3.8) is 0 Å². The molecule has 1 aromatic carbocycles. The van der Waals surface area contributed by atoms with E-state index in [2.05, 4.69) is 44.6 Å². The maximum absolute atomic E-state index is 12.1. The topological polar surface area (TPSA) is 108 Å². The molecule has 10 nitrogen and oxygen atoms in total. The molecule has 4 aromatic rings. The van der Waals surface area contributed by atoms with E-state index < -0.39 is 10.0 Å². The van der Waals surface area contributed by atoms with Crippen LogP contribution in [0.15, 0.2) is 61.1 Å². The molecule has 12 heteroatoms. The van der Waals surface area contributed by atoms with E-state index in [0.717, 1.165) is 41.9 Å². The number of halogens is 1. The molecule has 0 spiro atoms. The molecule has 1 atom stereocenters. The molecule has 1 fully saturated rings. The van der Waals surface area contributed by atoms with Gasteiger partial charge in [0.2, 0.25) is 16.0 Å². The number of sulfonamides is 1. The highest BCUT2D eigenvalue weighted by Gasteiger charge is 2.18. The van der Waals surface area contributed by atoms with Gasteiger partial charge >= 0.3 is 0 Å². The highest BCUT2D eigenvalue weighted by Crippen LogP contribution is 2.24. The van der Waals surface area contributed by atoms with Gasteiger partial charge in [-0.3, -0.25) is 4.31 Å². The van der Waals surface area contributed by atoms with Crippen molar-refractivity contribution >= 4 is 56.6 Å². The monoisotopic (exact) mass is 542 g/mol. The molecule has 4 heterocycles. The largest absolute Gasteiger partial charge is 0.369 e. The lowest BCUT2D eigenvalue weighted by molar-refractivity contribution is 0.485. The summed E-state index contributed by atoms with van der Waals surface area (Å²) in [6, 6.07) is 14.4. The molecule has 0 aliphatic carbocycles. The maximum Gasteiger partial charge on any atom is 0.233 e. The molecular weight excluding hydrogens is 512 g/mol. The summed E-state index contributed by atoms with van der Waals surface area (Å²) in [4.78, 5) is 15.9. The van der Waals surface area contributed by atoms with E-state index in [0.29, 0.717) is 24.4 Å². The molecule has 0 unspecified atom stereocenters. The van der Waals surface area contributed by atoms with Crippen LogP contribution in [0.5, 0.6) is 0 Å². The number of fused-ring (bicyclic) bond motifs is 1. The van der Waals surface area contributed by atoms with Crippen LogP contribution in [0.4, 0.5) is 23.1 Å². The lowest BCUT2D eigenvalue weighted by Gasteiger charge is -2.33. The Morgan fingerprint density at radius 1 is 1.16 bits per heavy atom. The number of rotatable bonds is 7. The van der Waals surface area contributed by atoms with Gasteiger partial charge in [-0.15, -0.1) is 12.4 Å². The number of anilines is 4. The Bertz CT molecular complexity index is 1480. The van der Waals surface area contributed by atoms with Crippen LogP contribution in [0.2, 0.25) is 0 Å². The Kier molecular flexibility index (Phi) is 7.86. The molecule has 0 saturated carbocycles. The smallest absolute Gasteiger partial charge is 0.233 e. The number of aromatic nitrogens is 4. The van der Waals surface area contributed by atoms with Gasteiger partial charge < -0.3 is 20.1 Å². The van der Waals surface area contributed by atoms with Crippen molar-refractivity contribution in [1.29, 1.82) is 0 Å². The predicted molar refractivity (Wildman–Crippen MR) is 151 cm³/mol. The Morgan fingerprint density at radius 2 is 1.95 bits per heavy atom. The summed E-state index contributed by atoms with van der Waals surface area (Å²) in [6.45, 7) is 5.58. The number of hydrogen-bond donors (Lipinski definition) is 2. The van der Waals surface area contributed by atoms with Crippen LogP contribution in [0.3, 0.4) is 0 Å². The first-order chi connectivity index (χ1) is 17.3. The SMILES string of the molecule is C[C@H]1CN(c2ccc(Nc3ncc4ccn(Cc5cccnc5N(C)S(C)(=O)=O)c4n3)cc2)CCN1.Cl. The second-order valence-electron chi connectivity index (χ2n) is 9.11. The molecule has 0 bridgehead atoms. The van der Waals surface area contributed by atoms with Crippen molar-refractivity contribution in [1.82, 2.24) is 24.8 Å². The predicted octanol–water partition coefficient (Wildman–Crippen LogP) is 3.23. The van der Waals surface area contributed by atoms with Crippen LogP contribution in [0.25, 0.3) is 11.0 Å². The number of nitrogens with zero attached hydrogens (tertiary/aromatic N) is 6. The molecule has 0 amide bonds. The second-order valence-corrected chi connectivity index (χ2v) is 11.1. The summed E-state index contributed by atoms with van der Waals surface area (Å²) in [5, 5.41) is 7.66. The minimum Gasteiger partial charge on any atom is -0.369 e. The number of hydrogen-bond acceptors (Lipinski definition) is 8. The first kappa shape index (κ1) is 26.6. The first-order valence-electron chi connectivity index (χ1n) is 11.8. The fraction of sp³-hybridized carbons (Fsp3) is 0.320. The summed E-state index contributed by atoms with van der Waals surface area (Å²) in [5.74, 6) is 0.888. The molecule has 1 saturated heterocycles. The zero-order chi connectivity index (χ0) is 25.3. The minimum atomic E-state index is -3.43. The zero-order valence-electron chi connectivity index (χ0n) is 21.0. The quantitative estimate of drug-likeness (QED) is 0.366. The van der Waals surface area contributed by atoms with E-state index in [9.17, 15) is 8.42 Å². The average Bonchev–Trinajstić information content (AvgIpc) is 3.26. The lowest BCUT2D eigenvalue weighted by Crippen LogP contribution is -2.49. The average molecular weight is 543 g/mol. The zero-order valence-corrected chi connectivity index (χ0v) is 22.6. The second kappa shape index (κ2) is 10.9. The Morgan fingerprint density at radius 3 is 2.68 bits per heavy atom. The Balaban J connectivity index is 0.00000320. The summed E-state index contributed by atoms with van der Waals surface area (Å²) in [7, 11) is -1.93. The van der Waals surface area contributed by atoms with Gasteiger partial charge in [-0.25, -0.2) is 18.4 Å². The van der Waals surface area contributed by atoms with Gasteiger partial charge in [0, 0.05) is 73.6 Å². The normalized spacial score (nSPS) is 15.9. The number of pyridine rings is 1. The molecule has 1 aliphatic rings. The fourth-order valence-electron chi connectivity index (χ4n) is 4.39. The van der Waals surface area contributed by atoms with Crippen molar-refractivity contribution in [2.24, 2.45) is 0 Å². The third-order valence-electron chi connectivity index (χ3n) is 6.36. The van der Waals surface area contributed by atoms with Gasteiger partial charge in [0.25, 0.3) is 0 Å². The van der Waals surface area contributed by atoms with Crippen molar-refractivity contribution < 1.29 is 8.42 Å². The molecule has 0 radical (unpaired) electrons. The Hall–Kier alpha value is -3.41. The molecule has 1 aliphatic heterocycles. The third kappa shape index (κ3) is 5.95. The number of piperazine rings is 1. The number of nitrogens with one attached hydrogen (secondary N) is 2. The van der Waals surface area contributed by atoms with E-state index in [-0.39, 0.29) is 12.4 Å². The van der Waals surface area contributed by atoms with E-state index in [1.807, 2.05) is 35.0 Å². The van der Waals surface area contributed by atoms with Crippen LogP contribution in [0.1, 0.15) is 12.5 Å². The highest BCUT2D eigenvalue weighted by atomic mass is 35.5. The first-order valence-corrected chi connectivity index (χ1v) is 13.7. The van der Waals surface area contributed by atoms with Crippen molar-refractivity contribution in [3.05, 3.63) is 66.6 Å². The summed E-state index contributed by atoms with van der Waals surface area (Å²) in [6.07, 6.45) is 6.46. The number of benzene rings is 1. The summed E-state index contributed by atoms with van der Waals surface area (Å²) >= 11 is 0. The molecular formula is C25H31ClN8O2S. The standard InChI is InChI=1S/C25H30N8O2S.ClH/c1-18-16-32(14-12-26-18)22-8-6-21(7-9-22)29-25-28-15-19-10-13-33(24(19)30-25)17-20-5-4-11-27-23(20)31(2)36(3,34)35;/h4-11,13,15,18,26H,12,14,16-17H2,1-3H3,(H,28,29,30);1H/t18-;/m0./s1. The summed E-state index contributed by atoms with van der Waals surface area (Å²) in [5.41, 5.74) is 3.62. The molecule has 196 valence electrons. The van der Waals surface area contributed by atoms with Crippen LogP contribution < -0.4 is 19.8 Å². The lowest BCUT2D eigenvalue weighted by atomic mass is 10.2. The van der Waals surface area contributed by atoms with Crippen molar-refractivity contribution in [2.45, 2.75) is 19.5 Å². The van der Waals surface area contributed by atoms with E-state index in [4.69, 9.17) is 4.98 Å². The van der Waals surface area contributed by atoms with Gasteiger partial charge in [-0.1, -0.05) is 6.07 Å². The molecule has 3 aromatic heterocycles. The van der Waals surface area contributed by atoms with E-state index in [1.54, 1.807) is 18.5 Å². The minimum absolute atomic E-state index is 0. The highest BCUT2D eigenvalue weighted by molar-refractivity contribution is 7.92. The van der Waals surface area contributed by atoms with Gasteiger partial charge in [0.15, 0.2) is 0 Å². The van der Waals surface area contributed by atoms with Gasteiger partial charge in [0.05, 0.1) is 12.8 Å². The van der Waals surface area contributed by atoms with Gasteiger partial charge in [-0.2, -0.15) is 4.98 Å². The Labute approximate surface area is 223 Å². The van der Waals surface area contributed by atoms with Gasteiger partial charge in [0.1, 0.15) is 11.5 Å².